The van der Waals surface area contributed by atoms with Crippen LogP contribution in [0.2, 0.25) is 0 Å². The minimum absolute atomic E-state index is 0.0552. The first-order valence-electron chi connectivity index (χ1n) is 6.35. The summed E-state index contributed by atoms with van der Waals surface area (Å²) in [4.78, 5) is -0.783. The summed E-state index contributed by atoms with van der Waals surface area (Å²) >= 11 is 3.17. The fourth-order valence-corrected chi connectivity index (χ4v) is 2.87. The van der Waals surface area contributed by atoms with Crippen molar-refractivity contribution in [1.82, 2.24) is 0 Å². The van der Waals surface area contributed by atoms with Crippen molar-refractivity contribution in [2.45, 2.75) is 25.1 Å². The number of halogens is 5. The van der Waals surface area contributed by atoms with Crippen LogP contribution in [0.5, 0.6) is 0 Å². The molecule has 0 aromatic heterocycles. The standard InChI is InChI=1S/C16H13BrF4/c1-8-4-6-12(18)13(14(8)19)11(17)7-10-5-3-9(2)15(20)16(10)21/h3-6,11H,7H2,1-2H3. The molecule has 0 radical (unpaired) electrons. The third-order valence-corrected chi connectivity index (χ3v) is 4.17. The van der Waals surface area contributed by atoms with Crippen LogP contribution in [0.3, 0.4) is 0 Å². The highest BCUT2D eigenvalue weighted by Crippen LogP contribution is 2.33. The third-order valence-electron chi connectivity index (χ3n) is 3.39. The highest BCUT2D eigenvalue weighted by molar-refractivity contribution is 9.09. The molecule has 0 nitrogen and oxygen atoms in total. The molecule has 21 heavy (non-hydrogen) atoms. The van der Waals surface area contributed by atoms with Crippen LogP contribution in [0.25, 0.3) is 0 Å². The summed E-state index contributed by atoms with van der Waals surface area (Å²) in [6, 6.07) is 5.36. The average Bonchev–Trinajstić information content (AvgIpc) is 2.44. The van der Waals surface area contributed by atoms with Gasteiger partial charge in [0.2, 0.25) is 0 Å². The average molecular weight is 361 g/mol. The third kappa shape index (κ3) is 3.12. The van der Waals surface area contributed by atoms with Gasteiger partial charge in [-0.25, -0.2) is 17.6 Å². The zero-order valence-electron chi connectivity index (χ0n) is 11.5. The van der Waals surface area contributed by atoms with Gasteiger partial charge in [-0.15, -0.1) is 0 Å². The largest absolute Gasteiger partial charge is 0.207 e. The highest BCUT2D eigenvalue weighted by Gasteiger charge is 2.22. The fraction of sp³-hybridized carbons (Fsp3) is 0.250. The quantitative estimate of drug-likeness (QED) is 0.498. The first-order valence-corrected chi connectivity index (χ1v) is 7.26. The molecule has 2 rings (SSSR count). The Balaban J connectivity index is 2.37. The van der Waals surface area contributed by atoms with Gasteiger partial charge in [0.1, 0.15) is 11.6 Å². The summed E-state index contributed by atoms with van der Waals surface area (Å²) in [5, 5.41) is 0. The normalized spacial score (nSPS) is 12.5. The smallest absolute Gasteiger partial charge is 0.162 e. The van der Waals surface area contributed by atoms with Gasteiger partial charge in [0.25, 0.3) is 0 Å². The molecule has 1 unspecified atom stereocenters. The molecule has 2 aromatic carbocycles. The molecule has 5 heteroatoms. The second-order valence-corrected chi connectivity index (χ2v) is 6.04. The van der Waals surface area contributed by atoms with E-state index >= 15 is 0 Å². The summed E-state index contributed by atoms with van der Waals surface area (Å²) in [6.45, 7) is 2.97. The van der Waals surface area contributed by atoms with Gasteiger partial charge in [-0.05, 0) is 43.0 Å². The summed E-state index contributed by atoms with van der Waals surface area (Å²) in [7, 11) is 0. The van der Waals surface area contributed by atoms with Crippen molar-refractivity contribution in [1.29, 1.82) is 0 Å². The van der Waals surface area contributed by atoms with Crippen molar-refractivity contribution < 1.29 is 17.6 Å². The molecule has 0 heterocycles. The Bertz CT molecular complexity index is 682. The predicted molar refractivity (Wildman–Crippen MR) is 77.6 cm³/mol. The van der Waals surface area contributed by atoms with E-state index in [1.165, 1.54) is 32.0 Å². The van der Waals surface area contributed by atoms with E-state index in [9.17, 15) is 17.6 Å². The lowest BCUT2D eigenvalue weighted by Gasteiger charge is -2.15. The summed E-state index contributed by atoms with van der Waals surface area (Å²) < 4.78 is 55.2. The van der Waals surface area contributed by atoms with Gasteiger partial charge in [-0.3, -0.25) is 0 Å². The number of hydrogen-bond acceptors (Lipinski definition) is 0. The summed E-state index contributed by atoms with van der Waals surface area (Å²) in [6.07, 6.45) is -0.0552. The number of rotatable bonds is 3. The highest BCUT2D eigenvalue weighted by atomic mass is 79.9. The molecular formula is C16H13BrF4. The predicted octanol–water partition coefficient (Wildman–Crippen LogP) is 5.54. The number of aryl methyl sites for hydroxylation is 2. The van der Waals surface area contributed by atoms with Crippen LogP contribution < -0.4 is 0 Å². The zero-order valence-corrected chi connectivity index (χ0v) is 13.1. The van der Waals surface area contributed by atoms with E-state index in [-0.39, 0.29) is 23.1 Å². The minimum Gasteiger partial charge on any atom is -0.207 e. The van der Waals surface area contributed by atoms with E-state index in [0.29, 0.717) is 5.56 Å². The van der Waals surface area contributed by atoms with E-state index < -0.39 is 28.1 Å². The number of alkyl halides is 1. The molecule has 2 aromatic rings. The van der Waals surface area contributed by atoms with E-state index in [0.717, 1.165) is 6.07 Å². The van der Waals surface area contributed by atoms with Crippen LogP contribution in [0.4, 0.5) is 17.6 Å². The molecule has 0 aliphatic rings. The summed E-state index contributed by atoms with van der Waals surface area (Å²) in [5.74, 6) is -3.30. The molecule has 0 aliphatic carbocycles. The van der Waals surface area contributed by atoms with Gasteiger partial charge in [-0.2, -0.15) is 0 Å². The van der Waals surface area contributed by atoms with E-state index in [1.54, 1.807) is 0 Å². The van der Waals surface area contributed by atoms with Crippen LogP contribution >= 0.6 is 15.9 Å². The second kappa shape index (κ2) is 6.18. The maximum Gasteiger partial charge on any atom is 0.162 e. The van der Waals surface area contributed by atoms with Crippen molar-refractivity contribution in [3.05, 3.63) is 69.8 Å². The maximum atomic E-state index is 14.0. The molecule has 0 amide bonds. The number of benzene rings is 2. The Labute approximate surface area is 128 Å². The SMILES string of the molecule is Cc1ccc(CC(Br)c2c(F)ccc(C)c2F)c(F)c1F. The molecule has 0 spiro atoms. The number of hydrogen-bond donors (Lipinski definition) is 0. The van der Waals surface area contributed by atoms with Crippen LogP contribution in [0.1, 0.15) is 27.1 Å². The van der Waals surface area contributed by atoms with Crippen molar-refractivity contribution in [3.63, 3.8) is 0 Å². The Morgan fingerprint density at radius 3 is 2.10 bits per heavy atom. The van der Waals surface area contributed by atoms with Crippen LogP contribution in [-0.2, 0) is 6.42 Å². The van der Waals surface area contributed by atoms with Crippen molar-refractivity contribution >= 4 is 15.9 Å². The lowest BCUT2D eigenvalue weighted by molar-refractivity contribution is 0.491. The molecular weight excluding hydrogens is 348 g/mol. The molecule has 0 bridgehead atoms. The van der Waals surface area contributed by atoms with Crippen LogP contribution in [0, 0.1) is 37.1 Å². The van der Waals surface area contributed by atoms with Crippen LogP contribution in [0.15, 0.2) is 24.3 Å². The van der Waals surface area contributed by atoms with Gasteiger partial charge >= 0.3 is 0 Å². The minimum atomic E-state index is -0.979. The van der Waals surface area contributed by atoms with Crippen LogP contribution in [-0.4, -0.2) is 0 Å². The maximum absolute atomic E-state index is 14.0. The molecule has 0 saturated heterocycles. The molecule has 1 atom stereocenters. The van der Waals surface area contributed by atoms with E-state index in [1.807, 2.05) is 0 Å². The van der Waals surface area contributed by atoms with Crippen molar-refractivity contribution in [3.8, 4) is 0 Å². The van der Waals surface area contributed by atoms with E-state index in [4.69, 9.17) is 0 Å². The molecule has 0 saturated carbocycles. The summed E-state index contributed by atoms with van der Waals surface area (Å²) in [5.41, 5.74) is 0.386. The van der Waals surface area contributed by atoms with Gasteiger partial charge < -0.3 is 0 Å². The topological polar surface area (TPSA) is 0 Å². The van der Waals surface area contributed by atoms with Gasteiger partial charge in [0.15, 0.2) is 11.6 Å². The Kier molecular flexibility index (Phi) is 4.71. The van der Waals surface area contributed by atoms with Gasteiger partial charge in [0, 0.05) is 10.4 Å². The zero-order chi connectivity index (χ0) is 15.7. The lowest BCUT2D eigenvalue weighted by Crippen LogP contribution is -2.06. The van der Waals surface area contributed by atoms with E-state index in [2.05, 4.69) is 15.9 Å². The monoisotopic (exact) mass is 360 g/mol. The Morgan fingerprint density at radius 2 is 1.43 bits per heavy atom. The van der Waals surface area contributed by atoms with Gasteiger partial charge in [0.05, 0.1) is 0 Å². The second-order valence-electron chi connectivity index (χ2n) is 4.93. The molecule has 0 fully saturated rings. The first-order chi connectivity index (χ1) is 9.82. The first kappa shape index (κ1) is 16.0. The van der Waals surface area contributed by atoms with Gasteiger partial charge in [-0.1, -0.05) is 34.1 Å². The Hall–Kier alpha value is -1.36. The fourth-order valence-electron chi connectivity index (χ4n) is 2.10. The van der Waals surface area contributed by atoms with Crippen molar-refractivity contribution in [2.75, 3.05) is 0 Å². The van der Waals surface area contributed by atoms with Crippen molar-refractivity contribution in [2.24, 2.45) is 0 Å². The Morgan fingerprint density at radius 1 is 0.857 bits per heavy atom. The molecule has 0 aliphatic heterocycles. The lowest BCUT2D eigenvalue weighted by atomic mass is 10.00. The molecule has 112 valence electrons. The molecule has 0 N–H and O–H groups in total.